The normalized spacial score (nSPS) is 10.1. The molecular formula is C13H11IN2O3. The third kappa shape index (κ3) is 3.40. The van der Waals surface area contributed by atoms with Crippen LogP contribution in [-0.4, -0.2) is 23.0 Å². The van der Waals surface area contributed by atoms with Gasteiger partial charge >= 0.3 is 5.97 Å². The molecular weight excluding hydrogens is 359 g/mol. The molecule has 0 unspecified atom stereocenters. The Morgan fingerprint density at radius 3 is 2.79 bits per heavy atom. The van der Waals surface area contributed by atoms with Crippen molar-refractivity contribution in [2.75, 3.05) is 7.11 Å². The summed E-state index contributed by atoms with van der Waals surface area (Å²) < 4.78 is 11.2. The van der Waals surface area contributed by atoms with Gasteiger partial charge in [0.1, 0.15) is 11.6 Å². The summed E-state index contributed by atoms with van der Waals surface area (Å²) in [6.07, 6.45) is 1.62. The minimum Gasteiger partial charge on any atom is -0.465 e. The molecule has 6 heteroatoms. The molecule has 1 heterocycles. The molecule has 0 atom stereocenters. The van der Waals surface area contributed by atoms with Crippen molar-refractivity contribution in [2.24, 2.45) is 0 Å². The van der Waals surface area contributed by atoms with Crippen LogP contribution in [0.1, 0.15) is 16.2 Å². The lowest BCUT2D eigenvalue weighted by atomic mass is 10.2. The Morgan fingerprint density at radius 2 is 2.11 bits per heavy atom. The van der Waals surface area contributed by atoms with Crippen molar-refractivity contribution in [1.29, 1.82) is 0 Å². The van der Waals surface area contributed by atoms with Crippen LogP contribution in [0, 0.1) is 10.5 Å². The van der Waals surface area contributed by atoms with Gasteiger partial charge in [0, 0.05) is 12.3 Å². The number of hydrogen-bond acceptors (Lipinski definition) is 5. The van der Waals surface area contributed by atoms with E-state index < -0.39 is 5.97 Å². The van der Waals surface area contributed by atoms with Crippen LogP contribution in [0.25, 0.3) is 0 Å². The standard InChI is InChI=1S/C13H11IN2O3/c1-8-15-6-5-12(16-8)19-11-7-9(13(17)18-2)3-4-10(11)14/h3-7H,1-2H3. The topological polar surface area (TPSA) is 61.3 Å². The van der Waals surface area contributed by atoms with E-state index in [1.807, 2.05) is 0 Å². The maximum atomic E-state index is 11.5. The van der Waals surface area contributed by atoms with E-state index in [0.717, 1.165) is 3.57 Å². The Hall–Kier alpha value is -1.70. The second-order valence-electron chi connectivity index (χ2n) is 3.68. The molecule has 0 aliphatic rings. The van der Waals surface area contributed by atoms with Crippen LogP contribution in [0.2, 0.25) is 0 Å². The minimum absolute atomic E-state index is 0.403. The molecule has 0 N–H and O–H groups in total. The molecule has 0 spiro atoms. The highest BCUT2D eigenvalue weighted by molar-refractivity contribution is 14.1. The van der Waals surface area contributed by atoms with Gasteiger partial charge in [-0.1, -0.05) is 0 Å². The van der Waals surface area contributed by atoms with Gasteiger partial charge in [-0.15, -0.1) is 0 Å². The van der Waals surface area contributed by atoms with Gasteiger partial charge in [0.2, 0.25) is 5.88 Å². The zero-order valence-electron chi connectivity index (χ0n) is 10.4. The summed E-state index contributed by atoms with van der Waals surface area (Å²) in [4.78, 5) is 19.6. The maximum absolute atomic E-state index is 11.5. The number of halogens is 1. The Labute approximate surface area is 124 Å². The number of aryl methyl sites for hydroxylation is 1. The molecule has 0 saturated heterocycles. The average molecular weight is 370 g/mol. The lowest BCUT2D eigenvalue weighted by Gasteiger charge is -2.08. The number of esters is 1. The van der Waals surface area contributed by atoms with Crippen LogP contribution in [0.3, 0.4) is 0 Å². The number of carbonyl (C=O) groups is 1. The SMILES string of the molecule is COC(=O)c1ccc(I)c(Oc2ccnc(C)n2)c1. The van der Waals surface area contributed by atoms with Gasteiger partial charge in [-0.3, -0.25) is 0 Å². The number of benzene rings is 1. The summed E-state index contributed by atoms with van der Waals surface area (Å²) in [5.41, 5.74) is 0.434. The summed E-state index contributed by atoms with van der Waals surface area (Å²) in [5.74, 6) is 1.21. The van der Waals surface area contributed by atoms with Crippen LogP contribution in [0.5, 0.6) is 11.6 Å². The zero-order valence-corrected chi connectivity index (χ0v) is 12.5. The number of hydrogen-bond donors (Lipinski definition) is 0. The van der Waals surface area contributed by atoms with Gasteiger partial charge in [0.15, 0.2) is 0 Å². The van der Waals surface area contributed by atoms with E-state index in [4.69, 9.17) is 4.74 Å². The van der Waals surface area contributed by atoms with E-state index in [0.29, 0.717) is 23.0 Å². The number of methoxy groups -OCH3 is 1. The van der Waals surface area contributed by atoms with Gasteiger partial charge in [0.05, 0.1) is 16.2 Å². The molecule has 2 rings (SSSR count). The first-order valence-corrected chi connectivity index (χ1v) is 6.53. The first-order valence-electron chi connectivity index (χ1n) is 5.45. The molecule has 0 bridgehead atoms. The molecule has 0 aliphatic heterocycles. The van der Waals surface area contributed by atoms with Crippen LogP contribution >= 0.6 is 22.6 Å². The van der Waals surface area contributed by atoms with Crippen molar-refractivity contribution in [2.45, 2.75) is 6.92 Å². The van der Waals surface area contributed by atoms with E-state index in [1.165, 1.54) is 7.11 Å². The quantitative estimate of drug-likeness (QED) is 0.614. The number of aromatic nitrogens is 2. The Balaban J connectivity index is 2.31. The van der Waals surface area contributed by atoms with Crippen molar-refractivity contribution in [3.8, 4) is 11.6 Å². The van der Waals surface area contributed by atoms with E-state index >= 15 is 0 Å². The fourth-order valence-corrected chi connectivity index (χ4v) is 1.88. The fraction of sp³-hybridized carbons (Fsp3) is 0.154. The predicted octanol–water partition coefficient (Wildman–Crippen LogP) is 2.97. The second-order valence-corrected chi connectivity index (χ2v) is 4.84. The van der Waals surface area contributed by atoms with Gasteiger partial charge in [-0.05, 0) is 47.7 Å². The molecule has 5 nitrogen and oxygen atoms in total. The first kappa shape index (κ1) is 13.7. The van der Waals surface area contributed by atoms with Crippen molar-refractivity contribution in [3.63, 3.8) is 0 Å². The molecule has 0 fully saturated rings. The Kier molecular flexibility index (Phi) is 4.31. The number of nitrogens with zero attached hydrogens (tertiary/aromatic N) is 2. The smallest absolute Gasteiger partial charge is 0.337 e. The number of carbonyl (C=O) groups excluding carboxylic acids is 1. The molecule has 0 radical (unpaired) electrons. The Bertz CT molecular complexity index is 617. The maximum Gasteiger partial charge on any atom is 0.337 e. The largest absolute Gasteiger partial charge is 0.465 e. The monoisotopic (exact) mass is 370 g/mol. The molecule has 1 aromatic heterocycles. The molecule has 98 valence electrons. The van der Waals surface area contributed by atoms with Crippen molar-refractivity contribution in [1.82, 2.24) is 9.97 Å². The van der Waals surface area contributed by atoms with Crippen LogP contribution < -0.4 is 4.74 Å². The van der Waals surface area contributed by atoms with E-state index in [2.05, 4.69) is 37.3 Å². The highest BCUT2D eigenvalue weighted by Crippen LogP contribution is 2.27. The molecule has 0 saturated carbocycles. The van der Waals surface area contributed by atoms with Crippen LogP contribution in [0.4, 0.5) is 0 Å². The molecule has 1 aromatic carbocycles. The summed E-state index contributed by atoms with van der Waals surface area (Å²) in [6.45, 7) is 1.78. The predicted molar refractivity (Wildman–Crippen MR) is 77.3 cm³/mol. The second kappa shape index (κ2) is 5.96. The van der Waals surface area contributed by atoms with E-state index in [9.17, 15) is 4.79 Å². The van der Waals surface area contributed by atoms with Crippen LogP contribution in [-0.2, 0) is 4.74 Å². The number of rotatable bonds is 3. The molecule has 19 heavy (non-hydrogen) atoms. The molecule has 0 aliphatic carbocycles. The zero-order chi connectivity index (χ0) is 13.8. The lowest BCUT2D eigenvalue weighted by Crippen LogP contribution is -2.02. The van der Waals surface area contributed by atoms with E-state index in [1.54, 1.807) is 37.4 Å². The molecule has 0 amide bonds. The third-order valence-electron chi connectivity index (χ3n) is 2.32. The van der Waals surface area contributed by atoms with E-state index in [-0.39, 0.29) is 0 Å². The van der Waals surface area contributed by atoms with Gasteiger partial charge < -0.3 is 9.47 Å². The molecule has 2 aromatic rings. The van der Waals surface area contributed by atoms with Crippen molar-refractivity contribution < 1.29 is 14.3 Å². The van der Waals surface area contributed by atoms with Crippen molar-refractivity contribution >= 4 is 28.6 Å². The third-order valence-corrected chi connectivity index (χ3v) is 3.21. The highest BCUT2D eigenvalue weighted by Gasteiger charge is 2.10. The first-order chi connectivity index (χ1) is 9.10. The highest BCUT2D eigenvalue weighted by atomic mass is 127. The summed E-state index contributed by atoms with van der Waals surface area (Å²) in [5, 5.41) is 0. The van der Waals surface area contributed by atoms with Crippen molar-refractivity contribution in [3.05, 3.63) is 45.4 Å². The van der Waals surface area contributed by atoms with Gasteiger partial charge in [-0.2, -0.15) is 4.98 Å². The Morgan fingerprint density at radius 1 is 1.32 bits per heavy atom. The summed E-state index contributed by atoms with van der Waals surface area (Å²) >= 11 is 2.13. The number of ether oxygens (including phenoxy) is 2. The van der Waals surface area contributed by atoms with Crippen LogP contribution in [0.15, 0.2) is 30.5 Å². The lowest BCUT2D eigenvalue weighted by molar-refractivity contribution is 0.0600. The average Bonchev–Trinajstić information content (AvgIpc) is 2.40. The summed E-state index contributed by atoms with van der Waals surface area (Å²) in [6, 6.07) is 6.76. The van der Waals surface area contributed by atoms with Gasteiger partial charge in [-0.25, -0.2) is 9.78 Å². The fourth-order valence-electron chi connectivity index (χ4n) is 1.43. The minimum atomic E-state index is -0.403. The van der Waals surface area contributed by atoms with Gasteiger partial charge in [0.25, 0.3) is 0 Å². The summed E-state index contributed by atoms with van der Waals surface area (Å²) in [7, 11) is 1.34.